The SMILES string of the molecule is FC(F)(F)c1ccc(OCC2Cn3c(nc4cnccc43)O2)cc1. The van der Waals surface area contributed by atoms with Gasteiger partial charge < -0.3 is 9.47 Å². The Labute approximate surface area is 134 Å². The standard InChI is InChI=1S/C16H12F3N3O2/c17-16(18,19)10-1-3-11(4-2-10)23-9-12-8-22-14-5-6-20-7-13(14)21-15(22)24-12/h1-7,12H,8-9H2. The molecule has 124 valence electrons. The summed E-state index contributed by atoms with van der Waals surface area (Å²) in [5, 5.41) is 0. The molecule has 5 nitrogen and oxygen atoms in total. The molecule has 0 spiro atoms. The molecule has 1 unspecified atom stereocenters. The van der Waals surface area contributed by atoms with Gasteiger partial charge >= 0.3 is 6.18 Å². The lowest BCUT2D eigenvalue weighted by Gasteiger charge is -2.12. The molecule has 0 N–H and O–H groups in total. The number of pyridine rings is 1. The number of ether oxygens (including phenoxy) is 2. The average molecular weight is 335 g/mol. The summed E-state index contributed by atoms with van der Waals surface area (Å²) in [7, 11) is 0. The molecule has 0 amide bonds. The number of benzene rings is 1. The first-order chi connectivity index (χ1) is 11.5. The first kappa shape index (κ1) is 14.8. The monoisotopic (exact) mass is 335 g/mol. The van der Waals surface area contributed by atoms with Crippen molar-refractivity contribution in [2.75, 3.05) is 6.61 Å². The zero-order valence-electron chi connectivity index (χ0n) is 12.3. The van der Waals surface area contributed by atoms with Crippen molar-refractivity contribution in [1.29, 1.82) is 0 Å². The van der Waals surface area contributed by atoms with Crippen LogP contribution in [0.15, 0.2) is 42.7 Å². The minimum atomic E-state index is -4.35. The number of halogens is 3. The summed E-state index contributed by atoms with van der Waals surface area (Å²) >= 11 is 0. The van der Waals surface area contributed by atoms with Crippen molar-refractivity contribution in [2.24, 2.45) is 0 Å². The Kier molecular flexibility index (Phi) is 3.33. The van der Waals surface area contributed by atoms with E-state index in [1.807, 2.05) is 10.6 Å². The molecular weight excluding hydrogens is 323 g/mol. The highest BCUT2D eigenvalue weighted by atomic mass is 19.4. The van der Waals surface area contributed by atoms with Crippen LogP contribution in [-0.4, -0.2) is 27.2 Å². The minimum Gasteiger partial charge on any atom is -0.490 e. The lowest BCUT2D eigenvalue weighted by molar-refractivity contribution is -0.137. The third kappa shape index (κ3) is 2.64. The molecule has 4 rings (SSSR count). The van der Waals surface area contributed by atoms with E-state index in [1.165, 1.54) is 12.1 Å². The Bertz CT molecular complexity index is 874. The number of hydrogen-bond acceptors (Lipinski definition) is 4. The number of imidazole rings is 1. The summed E-state index contributed by atoms with van der Waals surface area (Å²) in [5.74, 6) is 0.366. The van der Waals surface area contributed by atoms with Crippen molar-refractivity contribution in [3.05, 3.63) is 48.3 Å². The van der Waals surface area contributed by atoms with Gasteiger partial charge in [-0.25, -0.2) is 0 Å². The Morgan fingerprint density at radius 3 is 2.75 bits per heavy atom. The van der Waals surface area contributed by atoms with Crippen molar-refractivity contribution >= 4 is 11.0 Å². The normalized spacial score (nSPS) is 16.9. The van der Waals surface area contributed by atoms with Gasteiger partial charge in [0, 0.05) is 6.20 Å². The zero-order valence-corrected chi connectivity index (χ0v) is 12.3. The topological polar surface area (TPSA) is 49.2 Å². The van der Waals surface area contributed by atoms with E-state index in [-0.39, 0.29) is 12.7 Å². The van der Waals surface area contributed by atoms with E-state index >= 15 is 0 Å². The van der Waals surface area contributed by atoms with Crippen molar-refractivity contribution < 1.29 is 22.6 Å². The number of aromatic nitrogens is 3. The smallest absolute Gasteiger partial charge is 0.416 e. The number of hydrogen-bond donors (Lipinski definition) is 0. The van der Waals surface area contributed by atoms with Crippen molar-refractivity contribution in [3.8, 4) is 11.8 Å². The second-order valence-electron chi connectivity index (χ2n) is 5.44. The van der Waals surface area contributed by atoms with Crippen LogP contribution >= 0.6 is 0 Å². The van der Waals surface area contributed by atoms with Crippen molar-refractivity contribution in [1.82, 2.24) is 14.5 Å². The average Bonchev–Trinajstić information content (AvgIpc) is 3.10. The van der Waals surface area contributed by atoms with Gasteiger partial charge in [0.1, 0.15) is 17.9 Å². The molecule has 8 heteroatoms. The highest BCUT2D eigenvalue weighted by Crippen LogP contribution is 2.31. The molecule has 1 aliphatic rings. The molecule has 3 aromatic rings. The van der Waals surface area contributed by atoms with Crippen LogP contribution in [0.25, 0.3) is 11.0 Å². The van der Waals surface area contributed by atoms with E-state index in [0.29, 0.717) is 18.3 Å². The lowest BCUT2D eigenvalue weighted by atomic mass is 10.2. The van der Waals surface area contributed by atoms with Gasteiger partial charge in [0.25, 0.3) is 6.01 Å². The number of alkyl halides is 3. The van der Waals surface area contributed by atoms with Gasteiger partial charge in [-0.1, -0.05) is 0 Å². The fraction of sp³-hybridized carbons (Fsp3) is 0.250. The molecule has 1 aromatic carbocycles. The third-order valence-electron chi connectivity index (χ3n) is 3.79. The summed E-state index contributed by atoms with van der Waals surface area (Å²) in [6.45, 7) is 0.789. The van der Waals surface area contributed by atoms with Crippen LogP contribution in [0, 0.1) is 0 Å². The maximum Gasteiger partial charge on any atom is 0.416 e. The molecule has 0 saturated heterocycles. The van der Waals surface area contributed by atoms with Gasteiger partial charge in [0.05, 0.1) is 23.8 Å². The second-order valence-corrected chi connectivity index (χ2v) is 5.44. The van der Waals surface area contributed by atoms with E-state index in [4.69, 9.17) is 9.47 Å². The molecule has 3 heterocycles. The molecule has 1 atom stereocenters. The second kappa shape index (κ2) is 5.40. The number of rotatable bonds is 3. The van der Waals surface area contributed by atoms with E-state index in [9.17, 15) is 13.2 Å². The quantitative estimate of drug-likeness (QED) is 0.737. The molecule has 0 saturated carbocycles. The Morgan fingerprint density at radius 2 is 2.00 bits per heavy atom. The highest BCUT2D eigenvalue weighted by molar-refractivity contribution is 5.75. The summed E-state index contributed by atoms with van der Waals surface area (Å²) in [5.41, 5.74) is 0.985. The zero-order chi connectivity index (χ0) is 16.7. The molecule has 1 aliphatic heterocycles. The molecule has 0 bridgehead atoms. The number of nitrogens with zero attached hydrogens (tertiary/aromatic N) is 3. The molecule has 0 radical (unpaired) electrons. The number of fused-ring (bicyclic) bond motifs is 3. The van der Waals surface area contributed by atoms with E-state index in [2.05, 4.69) is 9.97 Å². The predicted octanol–water partition coefficient (Wildman–Crippen LogP) is 3.29. The molecule has 0 fully saturated rings. The first-order valence-electron chi connectivity index (χ1n) is 7.28. The Hall–Kier alpha value is -2.77. The predicted molar refractivity (Wildman–Crippen MR) is 78.9 cm³/mol. The molecule has 24 heavy (non-hydrogen) atoms. The first-order valence-corrected chi connectivity index (χ1v) is 7.28. The van der Waals surface area contributed by atoms with E-state index in [1.54, 1.807) is 12.4 Å². The van der Waals surface area contributed by atoms with Gasteiger partial charge in [-0.3, -0.25) is 9.55 Å². The Balaban J connectivity index is 1.40. The fourth-order valence-electron chi connectivity index (χ4n) is 2.63. The van der Waals surface area contributed by atoms with Crippen LogP contribution < -0.4 is 9.47 Å². The van der Waals surface area contributed by atoms with Crippen molar-refractivity contribution in [3.63, 3.8) is 0 Å². The minimum absolute atomic E-state index is 0.224. The summed E-state index contributed by atoms with van der Waals surface area (Å²) in [6, 6.07) is 6.95. The van der Waals surface area contributed by atoms with Gasteiger partial charge in [0.2, 0.25) is 0 Å². The fourth-order valence-corrected chi connectivity index (χ4v) is 2.63. The van der Waals surface area contributed by atoms with Crippen LogP contribution in [0.1, 0.15) is 5.56 Å². The summed E-state index contributed by atoms with van der Waals surface area (Å²) < 4.78 is 50.7. The van der Waals surface area contributed by atoms with Crippen LogP contribution in [0.3, 0.4) is 0 Å². The lowest BCUT2D eigenvalue weighted by Crippen LogP contribution is -2.23. The van der Waals surface area contributed by atoms with Gasteiger partial charge in [-0.05, 0) is 30.3 Å². The largest absolute Gasteiger partial charge is 0.490 e. The van der Waals surface area contributed by atoms with Gasteiger partial charge in [0.15, 0.2) is 6.10 Å². The van der Waals surface area contributed by atoms with Crippen LogP contribution in [-0.2, 0) is 12.7 Å². The molecule has 2 aromatic heterocycles. The van der Waals surface area contributed by atoms with Crippen LogP contribution in [0.2, 0.25) is 0 Å². The molecule has 0 aliphatic carbocycles. The van der Waals surface area contributed by atoms with E-state index in [0.717, 1.165) is 23.2 Å². The van der Waals surface area contributed by atoms with Gasteiger partial charge in [-0.2, -0.15) is 18.2 Å². The van der Waals surface area contributed by atoms with Crippen molar-refractivity contribution in [2.45, 2.75) is 18.8 Å². The Morgan fingerprint density at radius 1 is 1.21 bits per heavy atom. The van der Waals surface area contributed by atoms with Crippen LogP contribution in [0.5, 0.6) is 11.8 Å². The third-order valence-corrected chi connectivity index (χ3v) is 3.79. The maximum absolute atomic E-state index is 12.5. The van der Waals surface area contributed by atoms with Crippen LogP contribution in [0.4, 0.5) is 13.2 Å². The summed E-state index contributed by atoms with van der Waals surface area (Å²) in [6.07, 6.45) is -1.24. The highest BCUT2D eigenvalue weighted by Gasteiger charge is 2.30. The summed E-state index contributed by atoms with van der Waals surface area (Å²) in [4.78, 5) is 8.34. The molecular formula is C16H12F3N3O2. The maximum atomic E-state index is 12.5. The van der Waals surface area contributed by atoms with E-state index < -0.39 is 11.7 Å². The van der Waals surface area contributed by atoms with Gasteiger partial charge in [-0.15, -0.1) is 0 Å².